The summed E-state index contributed by atoms with van der Waals surface area (Å²) in [5.74, 6) is 0.999. The van der Waals surface area contributed by atoms with Crippen LogP contribution in [0.15, 0.2) is 18.2 Å². The summed E-state index contributed by atoms with van der Waals surface area (Å²) in [4.78, 5) is 7.93. The molecule has 2 N–H and O–H groups in total. The number of hydrogen-bond acceptors (Lipinski definition) is 2. The predicted molar refractivity (Wildman–Crippen MR) is 65.7 cm³/mol. The van der Waals surface area contributed by atoms with Crippen LogP contribution >= 0.6 is 0 Å². The lowest BCUT2D eigenvalue weighted by Gasteiger charge is -2.07. The molecule has 3 heteroatoms. The molecule has 0 amide bonds. The Morgan fingerprint density at radius 1 is 1.25 bits per heavy atom. The molecule has 1 aromatic heterocycles. The van der Waals surface area contributed by atoms with E-state index in [0.717, 1.165) is 24.5 Å². The van der Waals surface area contributed by atoms with Crippen molar-refractivity contribution in [3.8, 4) is 11.3 Å². The fraction of sp³-hybridized carbons (Fsp3) is 0.308. The SMILES string of the molecule is Cc1ccc2c(c1)NCCc1[nH]c(C)nc1-2. The molecule has 1 aliphatic heterocycles. The molecule has 0 radical (unpaired) electrons. The van der Waals surface area contributed by atoms with Crippen LogP contribution in [0.2, 0.25) is 0 Å². The topological polar surface area (TPSA) is 40.7 Å². The molecule has 0 saturated heterocycles. The average Bonchev–Trinajstić information content (AvgIpc) is 2.52. The van der Waals surface area contributed by atoms with E-state index >= 15 is 0 Å². The number of aromatic nitrogens is 2. The number of rotatable bonds is 0. The zero-order valence-electron chi connectivity index (χ0n) is 9.59. The summed E-state index contributed by atoms with van der Waals surface area (Å²) in [6, 6.07) is 6.48. The number of imidazole rings is 1. The van der Waals surface area contributed by atoms with Gasteiger partial charge in [-0.2, -0.15) is 0 Å². The van der Waals surface area contributed by atoms with Crippen LogP contribution in [0.5, 0.6) is 0 Å². The van der Waals surface area contributed by atoms with Gasteiger partial charge in [-0.1, -0.05) is 12.1 Å². The normalized spacial score (nSPS) is 13.6. The van der Waals surface area contributed by atoms with Crippen molar-refractivity contribution < 1.29 is 0 Å². The van der Waals surface area contributed by atoms with E-state index in [1.54, 1.807) is 0 Å². The van der Waals surface area contributed by atoms with Gasteiger partial charge in [-0.15, -0.1) is 0 Å². The molecule has 2 heterocycles. The number of H-pyrrole nitrogens is 1. The summed E-state index contributed by atoms with van der Waals surface area (Å²) in [7, 11) is 0. The largest absolute Gasteiger partial charge is 0.384 e. The Bertz CT molecular complexity index is 540. The summed E-state index contributed by atoms with van der Waals surface area (Å²) in [6.45, 7) is 5.09. The Balaban J connectivity index is 2.24. The molecule has 82 valence electrons. The first kappa shape index (κ1) is 9.46. The summed E-state index contributed by atoms with van der Waals surface area (Å²) in [6.07, 6.45) is 1.00. The Kier molecular flexibility index (Phi) is 1.99. The summed E-state index contributed by atoms with van der Waals surface area (Å²) >= 11 is 0. The van der Waals surface area contributed by atoms with Gasteiger partial charge in [0.25, 0.3) is 0 Å². The van der Waals surface area contributed by atoms with Gasteiger partial charge in [0.05, 0.1) is 5.69 Å². The number of nitrogens with one attached hydrogen (secondary N) is 2. The molecule has 0 fully saturated rings. The van der Waals surface area contributed by atoms with E-state index < -0.39 is 0 Å². The molecule has 3 nitrogen and oxygen atoms in total. The van der Waals surface area contributed by atoms with Crippen molar-refractivity contribution in [2.45, 2.75) is 20.3 Å². The van der Waals surface area contributed by atoms with Crippen LogP contribution in [0.3, 0.4) is 0 Å². The molecule has 0 saturated carbocycles. The second-order valence-electron chi connectivity index (χ2n) is 4.38. The number of anilines is 1. The van der Waals surface area contributed by atoms with Crippen LogP contribution in [-0.2, 0) is 6.42 Å². The Morgan fingerprint density at radius 2 is 2.12 bits per heavy atom. The lowest BCUT2D eigenvalue weighted by molar-refractivity contribution is 0.977. The van der Waals surface area contributed by atoms with Gasteiger partial charge in [-0.3, -0.25) is 0 Å². The van der Waals surface area contributed by atoms with Crippen molar-refractivity contribution in [1.29, 1.82) is 0 Å². The first-order valence-electron chi connectivity index (χ1n) is 5.64. The van der Waals surface area contributed by atoms with Gasteiger partial charge >= 0.3 is 0 Å². The van der Waals surface area contributed by atoms with E-state index in [1.807, 2.05) is 6.92 Å². The Morgan fingerprint density at radius 3 is 3.00 bits per heavy atom. The summed E-state index contributed by atoms with van der Waals surface area (Å²) in [5.41, 5.74) is 6.04. The second-order valence-corrected chi connectivity index (χ2v) is 4.38. The standard InChI is InChI=1S/C13H15N3/c1-8-3-4-10-12(7-8)14-6-5-11-13(10)16-9(2)15-11/h3-4,7,14H,5-6H2,1-2H3,(H,15,16). The number of nitrogens with zero attached hydrogens (tertiary/aromatic N) is 1. The summed E-state index contributed by atoms with van der Waals surface area (Å²) in [5, 5.41) is 3.46. The highest BCUT2D eigenvalue weighted by Gasteiger charge is 2.17. The molecule has 2 aromatic rings. The average molecular weight is 213 g/mol. The zero-order chi connectivity index (χ0) is 11.1. The van der Waals surface area contributed by atoms with Crippen LogP contribution in [0.4, 0.5) is 5.69 Å². The summed E-state index contributed by atoms with van der Waals surface area (Å²) < 4.78 is 0. The third-order valence-corrected chi connectivity index (χ3v) is 3.02. The van der Waals surface area contributed by atoms with Gasteiger partial charge in [0.1, 0.15) is 5.82 Å². The van der Waals surface area contributed by atoms with Crippen molar-refractivity contribution >= 4 is 5.69 Å². The van der Waals surface area contributed by atoms with Gasteiger partial charge in [0, 0.05) is 29.9 Å². The predicted octanol–water partition coefficient (Wildman–Crippen LogP) is 2.66. The van der Waals surface area contributed by atoms with E-state index in [4.69, 9.17) is 0 Å². The lowest BCUT2D eigenvalue weighted by atomic mass is 10.1. The number of benzene rings is 1. The highest BCUT2D eigenvalue weighted by Crippen LogP contribution is 2.32. The quantitative estimate of drug-likeness (QED) is 0.706. The highest BCUT2D eigenvalue weighted by molar-refractivity contribution is 5.78. The van der Waals surface area contributed by atoms with Crippen LogP contribution in [0, 0.1) is 13.8 Å². The number of fused-ring (bicyclic) bond motifs is 3. The first-order chi connectivity index (χ1) is 7.74. The van der Waals surface area contributed by atoms with Crippen molar-refractivity contribution in [1.82, 2.24) is 9.97 Å². The van der Waals surface area contributed by atoms with E-state index in [-0.39, 0.29) is 0 Å². The molecule has 0 spiro atoms. The maximum absolute atomic E-state index is 4.59. The molecule has 16 heavy (non-hydrogen) atoms. The number of aryl methyl sites for hydroxylation is 2. The van der Waals surface area contributed by atoms with Crippen LogP contribution in [0.25, 0.3) is 11.3 Å². The van der Waals surface area contributed by atoms with Crippen molar-refractivity contribution in [2.75, 3.05) is 11.9 Å². The van der Waals surface area contributed by atoms with Gasteiger partial charge in [0.15, 0.2) is 0 Å². The highest BCUT2D eigenvalue weighted by atomic mass is 15.0. The van der Waals surface area contributed by atoms with Crippen molar-refractivity contribution in [3.63, 3.8) is 0 Å². The zero-order valence-corrected chi connectivity index (χ0v) is 9.59. The first-order valence-corrected chi connectivity index (χ1v) is 5.64. The maximum Gasteiger partial charge on any atom is 0.103 e. The van der Waals surface area contributed by atoms with Crippen LogP contribution in [-0.4, -0.2) is 16.5 Å². The van der Waals surface area contributed by atoms with E-state index in [0.29, 0.717) is 0 Å². The maximum atomic E-state index is 4.59. The van der Waals surface area contributed by atoms with E-state index in [1.165, 1.54) is 22.5 Å². The molecular formula is C13H15N3. The molecule has 1 aromatic carbocycles. The molecular weight excluding hydrogens is 198 g/mol. The minimum Gasteiger partial charge on any atom is -0.384 e. The van der Waals surface area contributed by atoms with Crippen molar-refractivity contribution in [2.24, 2.45) is 0 Å². The Labute approximate surface area is 94.9 Å². The lowest BCUT2D eigenvalue weighted by Crippen LogP contribution is -2.03. The van der Waals surface area contributed by atoms with Crippen LogP contribution < -0.4 is 5.32 Å². The minimum atomic E-state index is 0.963. The third kappa shape index (κ3) is 1.40. The molecule has 0 aliphatic carbocycles. The van der Waals surface area contributed by atoms with E-state index in [9.17, 15) is 0 Å². The number of hydrogen-bond donors (Lipinski definition) is 2. The number of aromatic amines is 1. The van der Waals surface area contributed by atoms with E-state index in [2.05, 4.69) is 40.4 Å². The Hall–Kier alpha value is -1.77. The smallest absolute Gasteiger partial charge is 0.103 e. The van der Waals surface area contributed by atoms with Crippen molar-refractivity contribution in [3.05, 3.63) is 35.3 Å². The van der Waals surface area contributed by atoms with Gasteiger partial charge in [-0.25, -0.2) is 4.98 Å². The van der Waals surface area contributed by atoms with Gasteiger partial charge in [0.2, 0.25) is 0 Å². The molecule has 3 rings (SSSR count). The molecule has 0 unspecified atom stereocenters. The minimum absolute atomic E-state index is 0.963. The fourth-order valence-corrected chi connectivity index (χ4v) is 2.28. The molecule has 0 atom stereocenters. The monoisotopic (exact) mass is 213 g/mol. The van der Waals surface area contributed by atoms with Gasteiger partial charge < -0.3 is 10.3 Å². The molecule has 1 aliphatic rings. The molecule has 0 bridgehead atoms. The fourth-order valence-electron chi connectivity index (χ4n) is 2.28. The second kappa shape index (κ2) is 3.37. The van der Waals surface area contributed by atoms with Gasteiger partial charge in [-0.05, 0) is 25.5 Å². The van der Waals surface area contributed by atoms with Crippen LogP contribution in [0.1, 0.15) is 17.1 Å². The third-order valence-electron chi connectivity index (χ3n) is 3.02.